The van der Waals surface area contributed by atoms with E-state index in [-0.39, 0.29) is 0 Å². The molecule has 0 unspecified atom stereocenters. The van der Waals surface area contributed by atoms with E-state index in [1.165, 1.54) is 0 Å². The molecular weight excluding hydrogens is 222 g/mol. The standard InChI is InChI=1S/C12H20ClN3/c1-10(2)16(3)9-5-8-14-12-7-4-6-11(13)15-12/h4,6-7,10H,5,8-9H2,1-3H3,(H,14,15). The minimum atomic E-state index is 0.532. The van der Waals surface area contributed by atoms with Crippen molar-refractivity contribution in [3.05, 3.63) is 23.4 Å². The molecule has 0 aliphatic heterocycles. The minimum absolute atomic E-state index is 0.532. The molecule has 16 heavy (non-hydrogen) atoms. The Hall–Kier alpha value is -0.800. The molecule has 3 nitrogen and oxygen atoms in total. The van der Waals surface area contributed by atoms with Gasteiger partial charge in [0.05, 0.1) is 0 Å². The van der Waals surface area contributed by atoms with E-state index in [1.807, 2.05) is 12.1 Å². The van der Waals surface area contributed by atoms with E-state index in [2.05, 4.69) is 36.1 Å². The molecule has 0 aromatic carbocycles. The second-order valence-electron chi connectivity index (χ2n) is 4.20. The molecule has 1 rings (SSSR count). The van der Waals surface area contributed by atoms with Crippen LogP contribution in [0.4, 0.5) is 5.82 Å². The Morgan fingerprint density at radius 3 is 2.81 bits per heavy atom. The predicted molar refractivity (Wildman–Crippen MR) is 70.1 cm³/mol. The Morgan fingerprint density at radius 1 is 1.44 bits per heavy atom. The average Bonchev–Trinajstić information content (AvgIpc) is 2.24. The number of aromatic nitrogens is 1. The molecule has 1 heterocycles. The fourth-order valence-corrected chi connectivity index (χ4v) is 1.47. The number of pyridine rings is 1. The quantitative estimate of drug-likeness (QED) is 0.613. The average molecular weight is 242 g/mol. The smallest absolute Gasteiger partial charge is 0.131 e. The van der Waals surface area contributed by atoms with E-state index in [0.29, 0.717) is 11.2 Å². The van der Waals surface area contributed by atoms with Gasteiger partial charge in [0.25, 0.3) is 0 Å². The zero-order valence-corrected chi connectivity index (χ0v) is 11.0. The number of anilines is 1. The highest BCUT2D eigenvalue weighted by Gasteiger charge is 2.01. The zero-order chi connectivity index (χ0) is 12.0. The number of nitrogens with zero attached hydrogens (tertiary/aromatic N) is 2. The molecule has 0 bridgehead atoms. The van der Waals surface area contributed by atoms with Gasteiger partial charge in [-0.2, -0.15) is 0 Å². The monoisotopic (exact) mass is 241 g/mol. The van der Waals surface area contributed by atoms with Crippen molar-refractivity contribution < 1.29 is 0 Å². The molecule has 0 aliphatic carbocycles. The van der Waals surface area contributed by atoms with Crippen LogP contribution in [0.15, 0.2) is 18.2 Å². The highest BCUT2D eigenvalue weighted by atomic mass is 35.5. The van der Waals surface area contributed by atoms with Crippen molar-refractivity contribution >= 4 is 17.4 Å². The van der Waals surface area contributed by atoms with E-state index >= 15 is 0 Å². The van der Waals surface area contributed by atoms with Crippen molar-refractivity contribution in [3.63, 3.8) is 0 Å². The Labute approximate surface area is 103 Å². The first-order valence-electron chi connectivity index (χ1n) is 5.66. The molecule has 1 aromatic heterocycles. The summed E-state index contributed by atoms with van der Waals surface area (Å²) in [5.74, 6) is 0.847. The third-order valence-corrected chi connectivity index (χ3v) is 2.80. The molecular formula is C12H20ClN3. The van der Waals surface area contributed by atoms with Crippen LogP contribution in [0.2, 0.25) is 5.15 Å². The summed E-state index contributed by atoms with van der Waals surface area (Å²) in [6.07, 6.45) is 1.10. The molecule has 0 amide bonds. The van der Waals surface area contributed by atoms with Gasteiger partial charge in [-0.1, -0.05) is 17.7 Å². The zero-order valence-electron chi connectivity index (χ0n) is 10.2. The molecule has 4 heteroatoms. The van der Waals surface area contributed by atoms with Crippen molar-refractivity contribution in [3.8, 4) is 0 Å². The van der Waals surface area contributed by atoms with Gasteiger partial charge < -0.3 is 10.2 Å². The molecule has 90 valence electrons. The molecule has 0 aliphatic rings. The number of hydrogen-bond acceptors (Lipinski definition) is 3. The van der Waals surface area contributed by atoms with Crippen molar-refractivity contribution in [2.24, 2.45) is 0 Å². The van der Waals surface area contributed by atoms with Gasteiger partial charge in [0.2, 0.25) is 0 Å². The fraction of sp³-hybridized carbons (Fsp3) is 0.583. The van der Waals surface area contributed by atoms with Gasteiger partial charge in [-0.15, -0.1) is 0 Å². The molecule has 0 fully saturated rings. The topological polar surface area (TPSA) is 28.2 Å². The molecule has 0 radical (unpaired) electrons. The summed E-state index contributed by atoms with van der Waals surface area (Å²) in [5.41, 5.74) is 0. The molecule has 0 spiro atoms. The summed E-state index contributed by atoms with van der Waals surface area (Å²) in [5, 5.41) is 3.79. The van der Waals surface area contributed by atoms with Gasteiger partial charge in [0.1, 0.15) is 11.0 Å². The largest absolute Gasteiger partial charge is 0.370 e. The van der Waals surface area contributed by atoms with Crippen molar-refractivity contribution in [1.29, 1.82) is 0 Å². The molecule has 0 saturated carbocycles. The summed E-state index contributed by atoms with van der Waals surface area (Å²) in [7, 11) is 2.14. The van der Waals surface area contributed by atoms with Gasteiger partial charge in [-0.05, 0) is 46.0 Å². The Morgan fingerprint density at radius 2 is 2.19 bits per heavy atom. The van der Waals surface area contributed by atoms with Crippen LogP contribution in [-0.2, 0) is 0 Å². The lowest BCUT2D eigenvalue weighted by molar-refractivity contribution is 0.273. The third kappa shape index (κ3) is 4.81. The summed E-state index contributed by atoms with van der Waals surface area (Å²) >= 11 is 5.79. The first-order valence-corrected chi connectivity index (χ1v) is 6.04. The summed E-state index contributed by atoms with van der Waals surface area (Å²) in [4.78, 5) is 6.49. The van der Waals surface area contributed by atoms with Crippen molar-refractivity contribution in [2.45, 2.75) is 26.3 Å². The second-order valence-corrected chi connectivity index (χ2v) is 4.59. The molecule has 1 N–H and O–H groups in total. The van der Waals surface area contributed by atoms with E-state index in [4.69, 9.17) is 11.6 Å². The van der Waals surface area contributed by atoms with Gasteiger partial charge in [0.15, 0.2) is 0 Å². The highest BCUT2D eigenvalue weighted by molar-refractivity contribution is 6.29. The van der Waals surface area contributed by atoms with Gasteiger partial charge in [-0.25, -0.2) is 4.98 Å². The van der Waals surface area contributed by atoms with Crippen LogP contribution in [0.1, 0.15) is 20.3 Å². The van der Waals surface area contributed by atoms with Gasteiger partial charge in [-0.3, -0.25) is 0 Å². The lowest BCUT2D eigenvalue weighted by Crippen LogP contribution is -2.28. The van der Waals surface area contributed by atoms with Gasteiger partial charge >= 0.3 is 0 Å². The van der Waals surface area contributed by atoms with E-state index in [0.717, 1.165) is 25.3 Å². The summed E-state index contributed by atoms with van der Waals surface area (Å²) < 4.78 is 0. The maximum absolute atomic E-state index is 5.79. The number of hydrogen-bond donors (Lipinski definition) is 1. The van der Waals surface area contributed by atoms with Crippen LogP contribution in [0.25, 0.3) is 0 Å². The maximum atomic E-state index is 5.79. The first-order chi connectivity index (χ1) is 7.59. The van der Waals surface area contributed by atoms with Crippen LogP contribution in [0.5, 0.6) is 0 Å². The molecule has 0 saturated heterocycles. The van der Waals surface area contributed by atoms with Crippen LogP contribution >= 0.6 is 11.6 Å². The third-order valence-electron chi connectivity index (χ3n) is 2.59. The Kier molecular flexibility index (Phi) is 5.56. The Bertz CT molecular complexity index is 315. The molecule has 0 atom stereocenters. The van der Waals surface area contributed by atoms with E-state index in [1.54, 1.807) is 6.07 Å². The molecule has 1 aromatic rings. The number of nitrogens with one attached hydrogen (secondary N) is 1. The maximum Gasteiger partial charge on any atom is 0.131 e. The van der Waals surface area contributed by atoms with Crippen LogP contribution in [0, 0.1) is 0 Å². The SMILES string of the molecule is CC(C)N(C)CCCNc1cccc(Cl)n1. The number of halogens is 1. The number of rotatable bonds is 6. The Balaban J connectivity index is 2.21. The van der Waals surface area contributed by atoms with E-state index < -0.39 is 0 Å². The first kappa shape index (κ1) is 13.3. The normalized spacial score (nSPS) is 11.1. The van der Waals surface area contributed by atoms with Crippen LogP contribution in [0.3, 0.4) is 0 Å². The lowest BCUT2D eigenvalue weighted by atomic mass is 10.3. The van der Waals surface area contributed by atoms with Crippen LogP contribution < -0.4 is 5.32 Å². The van der Waals surface area contributed by atoms with Crippen molar-refractivity contribution in [1.82, 2.24) is 9.88 Å². The predicted octanol–water partition coefficient (Wildman–Crippen LogP) is 2.88. The minimum Gasteiger partial charge on any atom is -0.370 e. The van der Waals surface area contributed by atoms with Crippen molar-refractivity contribution in [2.75, 3.05) is 25.5 Å². The fourth-order valence-electron chi connectivity index (χ4n) is 1.31. The summed E-state index contributed by atoms with van der Waals surface area (Å²) in [6, 6.07) is 6.21. The van der Waals surface area contributed by atoms with Gasteiger partial charge in [0, 0.05) is 12.6 Å². The van der Waals surface area contributed by atoms with Crippen LogP contribution in [-0.4, -0.2) is 36.1 Å². The summed E-state index contributed by atoms with van der Waals surface area (Å²) in [6.45, 7) is 6.41. The van der Waals surface area contributed by atoms with E-state index in [9.17, 15) is 0 Å². The second kappa shape index (κ2) is 6.71. The lowest BCUT2D eigenvalue weighted by Gasteiger charge is -2.20. The highest BCUT2D eigenvalue weighted by Crippen LogP contribution is 2.08.